The van der Waals surface area contributed by atoms with E-state index in [-0.39, 0.29) is 5.69 Å². The molecule has 22 heavy (non-hydrogen) atoms. The normalized spacial score (nSPS) is 10.3. The maximum Gasteiger partial charge on any atom is 0.269 e. The summed E-state index contributed by atoms with van der Waals surface area (Å²) in [6, 6.07) is 16.1. The minimum Gasteiger partial charge on any atom is -0.258 e. The first-order chi connectivity index (χ1) is 10.7. The van der Waals surface area contributed by atoms with Crippen LogP contribution in [0.25, 0.3) is 22.0 Å². The van der Waals surface area contributed by atoms with Crippen molar-refractivity contribution in [3.05, 3.63) is 70.4 Å². The largest absolute Gasteiger partial charge is 0.269 e. The first kappa shape index (κ1) is 13.7. The molecule has 3 aromatic rings. The van der Waals surface area contributed by atoms with E-state index in [1.807, 2.05) is 24.3 Å². The second kappa shape index (κ2) is 5.62. The van der Waals surface area contributed by atoms with Gasteiger partial charge >= 0.3 is 0 Å². The third-order valence-electron chi connectivity index (χ3n) is 3.52. The van der Waals surface area contributed by atoms with Crippen LogP contribution in [0.2, 0.25) is 0 Å². The van der Waals surface area contributed by atoms with E-state index < -0.39 is 4.92 Å². The van der Waals surface area contributed by atoms with Gasteiger partial charge in [0.1, 0.15) is 0 Å². The van der Waals surface area contributed by atoms with Crippen LogP contribution in [-0.4, -0.2) is 9.91 Å². The highest BCUT2D eigenvalue weighted by molar-refractivity contribution is 5.96. The molecule has 5 heteroatoms. The molecule has 0 N–H and O–H groups in total. The third kappa shape index (κ3) is 2.38. The third-order valence-corrected chi connectivity index (χ3v) is 3.52. The number of hydrogen-bond donors (Lipinski definition) is 0. The number of non-ortho nitro benzene ring substituents is 1. The Kier molecular flexibility index (Phi) is 3.50. The van der Waals surface area contributed by atoms with Gasteiger partial charge in [0.25, 0.3) is 5.69 Å². The van der Waals surface area contributed by atoms with Crippen LogP contribution in [0.15, 0.2) is 54.7 Å². The Morgan fingerprint density at radius 1 is 1.09 bits per heavy atom. The zero-order valence-corrected chi connectivity index (χ0v) is 11.6. The summed E-state index contributed by atoms with van der Waals surface area (Å²) in [5.41, 5.74) is 2.57. The van der Waals surface area contributed by atoms with E-state index in [4.69, 9.17) is 5.26 Å². The van der Waals surface area contributed by atoms with Gasteiger partial charge in [-0.05, 0) is 29.1 Å². The number of hydrogen-bond acceptors (Lipinski definition) is 4. The monoisotopic (exact) mass is 289 g/mol. The molecule has 0 bridgehead atoms. The maximum absolute atomic E-state index is 10.7. The fourth-order valence-corrected chi connectivity index (χ4v) is 2.48. The highest BCUT2D eigenvalue weighted by atomic mass is 16.6. The summed E-state index contributed by atoms with van der Waals surface area (Å²) in [6.07, 6.45) is 2.03. The van der Waals surface area contributed by atoms with Gasteiger partial charge in [0, 0.05) is 29.3 Å². The Labute approximate surface area is 126 Å². The molecule has 106 valence electrons. The molecule has 0 aliphatic rings. The molecule has 3 rings (SSSR count). The van der Waals surface area contributed by atoms with E-state index in [0.29, 0.717) is 6.42 Å². The number of nitriles is 1. The fourth-order valence-electron chi connectivity index (χ4n) is 2.48. The lowest BCUT2D eigenvalue weighted by Gasteiger charge is -2.08. The van der Waals surface area contributed by atoms with E-state index in [0.717, 1.165) is 27.6 Å². The molecule has 0 atom stereocenters. The van der Waals surface area contributed by atoms with Gasteiger partial charge in [-0.3, -0.25) is 15.1 Å². The predicted molar refractivity (Wildman–Crippen MR) is 83.2 cm³/mol. The first-order valence-electron chi connectivity index (χ1n) is 6.69. The van der Waals surface area contributed by atoms with Crippen LogP contribution in [0.5, 0.6) is 0 Å². The standard InChI is InChI=1S/C17H11N3O2/c18-10-8-12-2-1-3-16-15(12)9-11-19-17(16)13-4-6-14(7-5-13)20(21)22/h1-7,9,11H,8H2. The minimum atomic E-state index is -0.425. The van der Waals surface area contributed by atoms with Crippen LogP contribution in [0.3, 0.4) is 0 Å². The Bertz CT molecular complexity index is 896. The fraction of sp³-hybridized carbons (Fsp3) is 0.0588. The topological polar surface area (TPSA) is 79.8 Å². The Morgan fingerprint density at radius 2 is 1.86 bits per heavy atom. The molecule has 2 aromatic carbocycles. The number of nitro groups is 1. The first-order valence-corrected chi connectivity index (χ1v) is 6.69. The molecule has 1 aromatic heterocycles. The number of benzene rings is 2. The molecule has 0 spiro atoms. The van der Waals surface area contributed by atoms with Crippen molar-refractivity contribution in [2.45, 2.75) is 6.42 Å². The molecular weight excluding hydrogens is 278 g/mol. The van der Waals surface area contributed by atoms with Gasteiger partial charge in [0.15, 0.2) is 0 Å². The maximum atomic E-state index is 10.7. The predicted octanol–water partition coefficient (Wildman–Crippen LogP) is 3.88. The van der Waals surface area contributed by atoms with Crippen LogP contribution >= 0.6 is 0 Å². The minimum absolute atomic E-state index is 0.0501. The second-order valence-corrected chi connectivity index (χ2v) is 4.81. The van der Waals surface area contributed by atoms with Crippen LogP contribution in [-0.2, 0) is 6.42 Å². The lowest BCUT2D eigenvalue weighted by atomic mass is 9.99. The summed E-state index contributed by atoms with van der Waals surface area (Å²) in [5.74, 6) is 0. The number of rotatable bonds is 3. The number of aromatic nitrogens is 1. The molecule has 0 radical (unpaired) electrons. The van der Waals surface area contributed by atoms with E-state index in [1.165, 1.54) is 12.1 Å². The lowest BCUT2D eigenvalue weighted by molar-refractivity contribution is -0.384. The molecule has 5 nitrogen and oxygen atoms in total. The van der Waals surface area contributed by atoms with Crippen LogP contribution < -0.4 is 0 Å². The van der Waals surface area contributed by atoms with Crippen molar-refractivity contribution in [1.29, 1.82) is 5.26 Å². The van der Waals surface area contributed by atoms with Gasteiger partial charge in [0.05, 0.1) is 23.1 Å². The van der Waals surface area contributed by atoms with Crippen molar-refractivity contribution in [3.63, 3.8) is 0 Å². The van der Waals surface area contributed by atoms with Crippen molar-refractivity contribution in [3.8, 4) is 17.3 Å². The molecule has 0 aliphatic carbocycles. The summed E-state index contributed by atoms with van der Waals surface area (Å²) in [4.78, 5) is 14.7. The molecule has 0 saturated carbocycles. The van der Waals surface area contributed by atoms with E-state index in [2.05, 4.69) is 11.1 Å². The van der Waals surface area contributed by atoms with Crippen LogP contribution in [0.1, 0.15) is 5.56 Å². The SMILES string of the molecule is N#CCc1cccc2c(-c3ccc([N+](=O)[O-])cc3)nccc12. The molecule has 0 saturated heterocycles. The Morgan fingerprint density at radius 3 is 2.55 bits per heavy atom. The van der Waals surface area contributed by atoms with Gasteiger partial charge in [-0.1, -0.05) is 18.2 Å². The molecule has 0 unspecified atom stereocenters. The Balaban J connectivity index is 2.17. The highest BCUT2D eigenvalue weighted by Crippen LogP contribution is 2.29. The summed E-state index contributed by atoms with van der Waals surface area (Å²) < 4.78 is 0. The Hall–Kier alpha value is -3.26. The summed E-state index contributed by atoms with van der Waals surface area (Å²) in [7, 11) is 0. The molecule has 0 amide bonds. The summed E-state index contributed by atoms with van der Waals surface area (Å²) in [5, 5.41) is 21.6. The van der Waals surface area contributed by atoms with Crippen molar-refractivity contribution < 1.29 is 4.92 Å². The van der Waals surface area contributed by atoms with Crippen LogP contribution in [0, 0.1) is 21.4 Å². The highest BCUT2D eigenvalue weighted by Gasteiger charge is 2.10. The van der Waals surface area contributed by atoms with Gasteiger partial charge in [-0.2, -0.15) is 5.26 Å². The number of nitro benzene ring substituents is 1. The number of nitrogens with zero attached hydrogens (tertiary/aromatic N) is 3. The van der Waals surface area contributed by atoms with Crippen LogP contribution in [0.4, 0.5) is 5.69 Å². The van der Waals surface area contributed by atoms with E-state index in [1.54, 1.807) is 18.3 Å². The van der Waals surface area contributed by atoms with Gasteiger partial charge in [0.2, 0.25) is 0 Å². The lowest BCUT2D eigenvalue weighted by Crippen LogP contribution is -1.91. The number of pyridine rings is 1. The second-order valence-electron chi connectivity index (χ2n) is 4.81. The summed E-state index contributed by atoms with van der Waals surface area (Å²) in [6.45, 7) is 0. The quantitative estimate of drug-likeness (QED) is 0.541. The van der Waals surface area contributed by atoms with Crippen molar-refractivity contribution in [2.75, 3.05) is 0 Å². The number of fused-ring (bicyclic) bond motifs is 1. The average molecular weight is 289 g/mol. The van der Waals surface area contributed by atoms with Gasteiger partial charge < -0.3 is 0 Å². The van der Waals surface area contributed by atoms with Gasteiger partial charge in [-0.15, -0.1) is 0 Å². The van der Waals surface area contributed by atoms with Gasteiger partial charge in [-0.25, -0.2) is 0 Å². The van der Waals surface area contributed by atoms with E-state index >= 15 is 0 Å². The molecule has 0 aliphatic heterocycles. The van der Waals surface area contributed by atoms with Crippen molar-refractivity contribution >= 4 is 16.5 Å². The van der Waals surface area contributed by atoms with E-state index in [9.17, 15) is 10.1 Å². The average Bonchev–Trinajstić information content (AvgIpc) is 2.55. The zero-order chi connectivity index (χ0) is 15.5. The smallest absolute Gasteiger partial charge is 0.258 e. The zero-order valence-electron chi connectivity index (χ0n) is 11.6. The summed E-state index contributed by atoms with van der Waals surface area (Å²) >= 11 is 0. The molecule has 1 heterocycles. The molecular formula is C17H11N3O2. The molecule has 0 fully saturated rings. The van der Waals surface area contributed by atoms with Crippen molar-refractivity contribution in [2.24, 2.45) is 0 Å². The van der Waals surface area contributed by atoms with Crippen molar-refractivity contribution in [1.82, 2.24) is 4.98 Å².